The van der Waals surface area contributed by atoms with E-state index in [0.29, 0.717) is 36.4 Å². The molecule has 0 spiro atoms. The minimum absolute atomic E-state index is 0.0489. The summed E-state index contributed by atoms with van der Waals surface area (Å²) in [6.07, 6.45) is 0.564. The van der Waals surface area contributed by atoms with Crippen LogP contribution in [-0.2, 0) is 15.8 Å². The standard InChI is InChI=1S/C18H19F2NO2S2/c19-15-7-5-14(6-8-15)13-25(22,23)21-10-9-18(24-12-11-21)16-3-1-2-4-17(16)20/h1-8,18H,9-13H2. The highest BCUT2D eigenvalue weighted by Crippen LogP contribution is 2.36. The molecule has 3 nitrogen and oxygen atoms in total. The molecule has 0 radical (unpaired) electrons. The van der Waals surface area contributed by atoms with Crippen LogP contribution in [0.3, 0.4) is 0 Å². The van der Waals surface area contributed by atoms with Crippen LogP contribution in [0.2, 0.25) is 0 Å². The van der Waals surface area contributed by atoms with E-state index in [9.17, 15) is 17.2 Å². The van der Waals surface area contributed by atoms with Crippen molar-refractivity contribution in [2.24, 2.45) is 0 Å². The highest BCUT2D eigenvalue weighted by molar-refractivity contribution is 7.99. The van der Waals surface area contributed by atoms with Gasteiger partial charge in [-0.25, -0.2) is 21.5 Å². The van der Waals surface area contributed by atoms with Gasteiger partial charge in [-0.2, -0.15) is 11.8 Å². The average Bonchev–Trinajstić information content (AvgIpc) is 2.84. The summed E-state index contributed by atoms with van der Waals surface area (Å²) in [6.45, 7) is 0.759. The zero-order valence-electron chi connectivity index (χ0n) is 13.6. The third kappa shape index (κ3) is 4.59. The van der Waals surface area contributed by atoms with Crippen LogP contribution < -0.4 is 0 Å². The second-order valence-corrected chi connectivity index (χ2v) is 9.23. The zero-order chi connectivity index (χ0) is 17.9. The summed E-state index contributed by atoms with van der Waals surface area (Å²) in [5.41, 5.74) is 1.19. The lowest BCUT2D eigenvalue weighted by Gasteiger charge is -2.20. The predicted octanol–water partition coefficient (Wildman–Crippen LogP) is 3.97. The van der Waals surface area contributed by atoms with E-state index in [0.717, 1.165) is 0 Å². The molecule has 0 saturated carbocycles. The summed E-state index contributed by atoms with van der Waals surface area (Å²) in [5.74, 6) is -0.174. The SMILES string of the molecule is O=S(=O)(Cc1ccc(F)cc1)N1CCSC(c2ccccc2F)CC1. The highest BCUT2D eigenvalue weighted by atomic mass is 32.2. The normalized spacial score (nSPS) is 19.5. The molecule has 7 heteroatoms. The van der Waals surface area contributed by atoms with Crippen LogP contribution >= 0.6 is 11.8 Å². The van der Waals surface area contributed by atoms with Gasteiger partial charge in [-0.3, -0.25) is 0 Å². The van der Waals surface area contributed by atoms with Gasteiger partial charge >= 0.3 is 0 Å². The average molecular weight is 383 g/mol. The Bertz CT molecular complexity index is 825. The fourth-order valence-corrected chi connectivity index (χ4v) is 5.81. The lowest BCUT2D eigenvalue weighted by molar-refractivity contribution is 0.426. The summed E-state index contributed by atoms with van der Waals surface area (Å²) in [5, 5.41) is -0.0489. The molecule has 1 atom stereocenters. The minimum Gasteiger partial charge on any atom is -0.212 e. The van der Waals surface area contributed by atoms with Gasteiger partial charge in [0.1, 0.15) is 11.6 Å². The molecule has 1 heterocycles. The topological polar surface area (TPSA) is 37.4 Å². The Balaban J connectivity index is 1.69. The number of nitrogens with zero attached hydrogens (tertiary/aromatic N) is 1. The fraction of sp³-hybridized carbons (Fsp3) is 0.333. The molecule has 134 valence electrons. The van der Waals surface area contributed by atoms with Crippen LogP contribution in [-0.4, -0.2) is 31.6 Å². The molecule has 3 rings (SSSR count). The quantitative estimate of drug-likeness (QED) is 0.802. The first-order valence-electron chi connectivity index (χ1n) is 8.04. The van der Waals surface area contributed by atoms with Crippen LogP contribution in [0, 0.1) is 11.6 Å². The Hall–Kier alpha value is -1.44. The van der Waals surface area contributed by atoms with Crippen LogP contribution in [0.4, 0.5) is 8.78 Å². The molecule has 1 fully saturated rings. The number of benzene rings is 2. The van der Waals surface area contributed by atoms with Crippen molar-refractivity contribution < 1.29 is 17.2 Å². The Labute approximate surface area is 151 Å². The van der Waals surface area contributed by atoms with Gasteiger partial charge in [0.15, 0.2) is 0 Å². The van der Waals surface area contributed by atoms with Crippen molar-refractivity contribution in [2.45, 2.75) is 17.4 Å². The Morgan fingerprint density at radius 2 is 1.76 bits per heavy atom. The Morgan fingerprint density at radius 3 is 2.48 bits per heavy atom. The first-order valence-corrected chi connectivity index (χ1v) is 10.7. The monoisotopic (exact) mass is 383 g/mol. The maximum absolute atomic E-state index is 14.0. The second kappa shape index (κ2) is 7.85. The van der Waals surface area contributed by atoms with Gasteiger partial charge in [0.05, 0.1) is 5.75 Å². The van der Waals surface area contributed by atoms with E-state index in [1.165, 1.54) is 34.6 Å². The highest BCUT2D eigenvalue weighted by Gasteiger charge is 2.28. The van der Waals surface area contributed by atoms with Crippen LogP contribution in [0.5, 0.6) is 0 Å². The molecule has 0 N–H and O–H groups in total. The van der Waals surface area contributed by atoms with Gasteiger partial charge in [-0.15, -0.1) is 0 Å². The van der Waals surface area contributed by atoms with Crippen molar-refractivity contribution in [3.63, 3.8) is 0 Å². The van der Waals surface area contributed by atoms with E-state index >= 15 is 0 Å². The smallest absolute Gasteiger partial charge is 0.212 e. The molecule has 2 aromatic rings. The molecule has 1 aliphatic rings. The van der Waals surface area contributed by atoms with E-state index in [1.807, 2.05) is 0 Å². The van der Waals surface area contributed by atoms with E-state index < -0.39 is 10.0 Å². The van der Waals surface area contributed by atoms with Crippen LogP contribution in [0.25, 0.3) is 0 Å². The molecule has 0 bridgehead atoms. The Morgan fingerprint density at radius 1 is 1.04 bits per heavy atom. The van der Waals surface area contributed by atoms with Crippen LogP contribution in [0.1, 0.15) is 22.8 Å². The van der Waals surface area contributed by atoms with Crippen molar-refractivity contribution in [3.05, 3.63) is 71.3 Å². The largest absolute Gasteiger partial charge is 0.218 e. The second-order valence-electron chi connectivity index (χ2n) is 5.95. The molecular weight excluding hydrogens is 364 g/mol. The molecule has 1 saturated heterocycles. The van der Waals surface area contributed by atoms with Gasteiger partial charge in [0.25, 0.3) is 0 Å². The number of rotatable bonds is 4. The third-order valence-corrected chi connectivity index (χ3v) is 7.37. The molecular formula is C18H19F2NO2S2. The summed E-state index contributed by atoms with van der Waals surface area (Å²) < 4.78 is 53.7. The maximum atomic E-state index is 14.0. The molecule has 0 amide bonds. The van der Waals surface area contributed by atoms with Crippen molar-refractivity contribution in [1.82, 2.24) is 4.31 Å². The molecule has 25 heavy (non-hydrogen) atoms. The van der Waals surface area contributed by atoms with Crippen LogP contribution in [0.15, 0.2) is 48.5 Å². The molecule has 2 aromatic carbocycles. The van der Waals surface area contributed by atoms with Crippen molar-refractivity contribution >= 4 is 21.8 Å². The molecule has 0 aromatic heterocycles. The number of hydrogen-bond donors (Lipinski definition) is 0. The molecule has 0 aliphatic carbocycles. The molecule has 1 aliphatic heterocycles. The molecule has 1 unspecified atom stereocenters. The van der Waals surface area contributed by atoms with Gasteiger partial charge in [-0.05, 0) is 30.2 Å². The number of thioether (sulfide) groups is 1. The summed E-state index contributed by atoms with van der Waals surface area (Å²) >= 11 is 1.58. The lowest BCUT2D eigenvalue weighted by Crippen LogP contribution is -2.34. The van der Waals surface area contributed by atoms with Gasteiger partial charge in [0, 0.05) is 29.7 Å². The van der Waals surface area contributed by atoms with Crippen molar-refractivity contribution in [2.75, 3.05) is 18.8 Å². The predicted molar refractivity (Wildman–Crippen MR) is 96.8 cm³/mol. The summed E-state index contributed by atoms with van der Waals surface area (Å²) in [6, 6.07) is 12.1. The van der Waals surface area contributed by atoms with Crippen molar-refractivity contribution in [3.8, 4) is 0 Å². The van der Waals surface area contributed by atoms with E-state index in [2.05, 4.69) is 0 Å². The third-order valence-electron chi connectivity index (χ3n) is 4.21. The summed E-state index contributed by atoms with van der Waals surface area (Å²) in [4.78, 5) is 0. The minimum atomic E-state index is -3.48. The van der Waals surface area contributed by atoms with E-state index in [1.54, 1.807) is 30.0 Å². The maximum Gasteiger partial charge on any atom is 0.218 e. The first kappa shape index (κ1) is 18.4. The fourth-order valence-electron chi connectivity index (χ4n) is 2.90. The first-order chi connectivity index (χ1) is 12.0. The summed E-state index contributed by atoms with van der Waals surface area (Å²) in [7, 11) is -3.48. The van der Waals surface area contributed by atoms with Crippen molar-refractivity contribution in [1.29, 1.82) is 0 Å². The number of halogens is 2. The number of sulfonamides is 1. The van der Waals surface area contributed by atoms with E-state index in [-0.39, 0.29) is 22.6 Å². The Kier molecular flexibility index (Phi) is 5.76. The van der Waals surface area contributed by atoms with E-state index in [4.69, 9.17) is 0 Å². The zero-order valence-corrected chi connectivity index (χ0v) is 15.2. The number of hydrogen-bond acceptors (Lipinski definition) is 3. The lowest BCUT2D eigenvalue weighted by atomic mass is 10.1. The van der Waals surface area contributed by atoms with Gasteiger partial charge < -0.3 is 0 Å². The van der Waals surface area contributed by atoms with Gasteiger partial charge in [0.2, 0.25) is 10.0 Å². The van der Waals surface area contributed by atoms with Gasteiger partial charge in [-0.1, -0.05) is 30.3 Å².